The van der Waals surface area contributed by atoms with Gasteiger partial charge in [-0.15, -0.1) is 0 Å². The fraction of sp³-hybridized carbons (Fsp3) is 0.409. The molecule has 162 valence electrons. The molecule has 8 heteroatoms. The summed E-state index contributed by atoms with van der Waals surface area (Å²) < 4.78 is 43.7. The lowest BCUT2D eigenvalue weighted by Gasteiger charge is -2.26. The Balaban J connectivity index is 1.85. The number of benzene rings is 2. The molecule has 2 aromatic carbocycles. The van der Waals surface area contributed by atoms with Crippen LogP contribution >= 0.6 is 0 Å². The van der Waals surface area contributed by atoms with Crippen LogP contribution < -0.4 is 14.2 Å². The number of aliphatic imine (C=N–C) groups is 1. The van der Waals surface area contributed by atoms with E-state index < -0.39 is 10.0 Å². The van der Waals surface area contributed by atoms with Crippen molar-refractivity contribution in [3.05, 3.63) is 42.0 Å². The van der Waals surface area contributed by atoms with Gasteiger partial charge in [0.05, 0.1) is 25.7 Å². The summed E-state index contributed by atoms with van der Waals surface area (Å²) in [5, 5.41) is 0. The minimum absolute atomic E-state index is 0.225. The van der Waals surface area contributed by atoms with E-state index in [1.54, 1.807) is 29.8 Å². The SMILES string of the molecule is CCOc1ccc(C=Nc2ccc(S(=O)(=O)N3CCCCC3)cc2OC)cc1OC. The van der Waals surface area contributed by atoms with E-state index >= 15 is 0 Å². The lowest BCUT2D eigenvalue weighted by molar-refractivity contribution is 0.311. The second-order valence-electron chi connectivity index (χ2n) is 6.90. The zero-order valence-electron chi connectivity index (χ0n) is 17.6. The van der Waals surface area contributed by atoms with E-state index in [-0.39, 0.29) is 4.90 Å². The summed E-state index contributed by atoms with van der Waals surface area (Å²) in [5.41, 5.74) is 1.37. The van der Waals surface area contributed by atoms with Crippen LogP contribution in [0.1, 0.15) is 31.7 Å². The van der Waals surface area contributed by atoms with Gasteiger partial charge >= 0.3 is 0 Å². The molecule has 3 rings (SSSR count). The van der Waals surface area contributed by atoms with E-state index in [1.807, 2.05) is 25.1 Å². The van der Waals surface area contributed by atoms with Crippen LogP contribution in [0.25, 0.3) is 0 Å². The lowest BCUT2D eigenvalue weighted by atomic mass is 10.2. The molecular formula is C22H28N2O5S. The zero-order chi connectivity index (χ0) is 21.6. The van der Waals surface area contributed by atoms with E-state index in [0.29, 0.717) is 42.6 Å². The second-order valence-corrected chi connectivity index (χ2v) is 8.84. The van der Waals surface area contributed by atoms with Crippen LogP contribution in [-0.4, -0.2) is 52.9 Å². The Hall–Kier alpha value is -2.58. The Bertz CT molecular complexity index is 999. The molecule has 0 amide bonds. The number of hydrogen-bond donors (Lipinski definition) is 0. The average Bonchev–Trinajstić information content (AvgIpc) is 2.79. The van der Waals surface area contributed by atoms with Crippen molar-refractivity contribution in [2.75, 3.05) is 33.9 Å². The van der Waals surface area contributed by atoms with Crippen LogP contribution in [0.5, 0.6) is 17.2 Å². The highest BCUT2D eigenvalue weighted by atomic mass is 32.2. The predicted molar refractivity (Wildman–Crippen MR) is 117 cm³/mol. The molecule has 0 aliphatic carbocycles. The van der Waals surface area contributed by atoms with Gasteiger partial charge in [0.15, 0.2) is 11.5 Å². The van der Waals surface area contributed by atoms with Gasteiger partial charge in [-0.3, -0.25) is 4.99 Å². The minimum atomic E-state index is -3.53. The number of sulfonamides is 1. The van der Waals surface area contributed by atoms with E-state index in [1.165, 1.54) is 13.2 Å². The van der Waals surface area contributed by atoms with Gasteiger partial charge < -0.3 is 14.2 Å². The molecule has 1 fully saturated rings. The normalized spacial score (nSPS) is 15.3. The number of hydrogen-bond acceptors (Lipinski definition) is 6. The third-order valence-electron chi connectivity index (χ3n) is 4.94. The van der Waals surface area contributed by atoms with Crippen molar-refractivity contribution in [1.82, 2.24) is 4.31 Å². The first-order valence-corrected chi connectivity index (χ1v) is 11.5. The molecule has 1 saturated heterocycles. The van der Waals surface area contributed by atoms with Gasteiger partial charge in [-0.05, 0) is 55.7 Å². The summed E-state index contributed by atoms with van der Waals surface area (Å²) in [5.74, 6) is 1.69. The first-order chi connectivity index (χ1) is 14.5. The number of piperidine rings is 1. The summed E-state index contributed by atoms with van der Waals surface area (Å²) >= 11 is 0. The summed E-state index contributed by atoms with van der Waals surface area (Å²) in [6, 6.07) is 10.3. The average molecular weight is 433 g/mol. The van der Waals surface area contributed by atoms with Gasteiger partial charge in [0.25, 0.3) is 0 Å². The first kappa shape index (κ1) is 22.1. The Kier molecular flexibility index (Phi) is 7.33. The molecule has 0 atom stereocenters. The third kappa shape index (κ3) is 4.94. The van der Waals surface area contributed by atoms with Gasteiger partial charge in [0.1, 0.15) is 11.4 Å². The zero-order valence-corrected chi connectivity index (χ0v) is 18.4. The number of nitrogens with zero attached hydrogens (tertiary/aromatic N) is 2. The van der Waals surface area contributed by atoms with Crippen molar-refractivity contribution in [2.24, 2.45) is 4.99 Å². The Morgan fingerprint density at radius 2 is 1.70 bits per heavy atom. The molecule has 2 aromatic rings. The van der Waals surface area contributed by atoms with E-state index in [0.717, 1.165) is 24.8 Å². The molecule has 0 aromatic heterocycles. The van der Waals surface area contributed by atoms with Crippen LogP contribution in [0.4, 0.5) is 5.69 Å². The van der Waals surface area contributed by atoms with Crippen LogP contribution in [0.3, 0.4) is 0 Å². The van der Waals surface area contributed by atoms with Gasteiger partial charge in [-0.25, -0.2) is 8.42 Å². The fourth-order valence-corrected chi connectivity index (χ4v) is 4.90. The summed E-state index contributed by atoms with van der Waals surface area (Å²) in [6.07, 6.45) is 4.53. The Labute approximate surface area is 178 Å². The molecule has 1 aliphatic rings. The van der Waals surface area contributed by atoms with E-state index in [9.17, 15) is 8.42 Å². The molecular weight excluding hydrogens is 404 g/mol. The molecule has 0 spiro atoms. The van der Waals surface area contributed by atoms with Crippen molar-refractivity contribution in [2.45, 2.75) is 31.1 Å². The van der Waals surface area contributed by atoms with E-state index in [2.05, 4.69) is 4.99 Å². The van der Waals surface area contributed by atoms with Crippen LogP contribution in [0, 0.1) is 0 Å². The molecule has 0 N–H and O–H groups in total. The third-order valence-corrected chi connectivity index (χ3v) is 6.84. The maximum Gasteiger partial charge on any atom is 0.243 e. The topological polar surface area (TPSA) is 77.4 Å². The summed E-state index contributed by atoms with van der Waals surface area (Å²) in [4.78, 5) is 4.70. The number of ether oxygens (including phenoxy) is 3. The molecule has 30 heavy (non-hydrogen) atoms. The molecule has 0 saturated carbocycles. The molecule has 7 nitrogen and oxygen atoms in total. The van der Waals surface area contributed by atoms with Gasteiger partial charge in [0, 0.05) is 25.4 Å². The molecule has 0 radical (unpaired) electrons. The van der Waals surface area contributed by atoms with Crippen LogP contribution in [0.2, 0.25) is 0 Å². The van der Waals surface area contributed by atoms with E-state index in [4.69, 9.17) is 14.2 Å². The first-order valence-electron chi connectivity index (χ1n) is 10.0. The Morgan fingerprint density at radius 1 is 0.967 bits per heavy atom. The smallest absolute Gasteiger partial charge is 0.243 e. The van der Waals surface area contributed by atoms with Gasteiger partial charge in [-0.2, -0.15) is 4.31 Å². The highest BCUT2D eigenvalue weighted by molar-refractivity contribution is 7.89. The van der Waals surface area contributed by atoms with Crippen molar-refractivity contribution < 1.29 is 22.6 Å². The van der Waals surface area contributed by atoms with Crippen molar-refractivity contribution in [3.63, 3.8) is 0 Å². The largest absolute Gasteiger partial charge is 0.494 e. The maximum absolute atomic E-state index is 12.9. The molecule has 0 bridgehead atoms. The van der Waals surface area contributed by atoms with Gasteiger partial charge in [-0.1, -0.05) is 6.42 Å². The molecule has 1 aliphatic heterocycles. The second kappa shape index (κ2) is 9.95. The Morgan fingerprint density at radius 3 is 2.37 bits per heavy atom. The lowest BCUT2D eigenvalue weighted by Crippen LogP contribution is -2.35. The number of methoxy groups -OCH3 is 2. The monoisotopic (exact) mass is 432 g/mol. The fourth-order valence-electron chi connectivity index (χ4n) is 3.36. The van der Waals surface area contributed by atoms with Crippen molar-refractivity contribution in [1.29, 1.82) is 0 Å². The maximum atomic E-state index is 12.9. The van der Waals surface area contributed by atoms with Crippen LogP contribution in [0.15, 0.2) is 46.3 Å². The summed E-state index contributed by atoms with van der Waals surface area (Å²) in [7, 11) is -0.435. The van der Waals surface area contributed by atoms with Crippen molar-refractivity contribution in [3.8, 4) is 17.2 Å². The standard InChI is InChI=1S/C22H28N2O5S/c1-4-29-20-11-8-17(14-22(20)28-3)16-23-19-10-9-18(15-21(19)27-2)30(25,26)24-12-6-5-7-13-24/h8-11,14-16H,4-7,12-13H2,1-3H3. The predicted octanol–water partition coefficient (Wildman–Crippen LogP) is 4.03. The molecule has 1 heterocycles. The highest BCUT2D eigenvalue weighted by Gasteiger charge is 2.26. The summed E-state index contributed by atoms with van der Waals surface area (Å²) in [6.45, 7) is 3.58. The van der Waals surface area contributed by atoms with Crippen molar-refractivity contribution >= 4 is 21.9 Å². The number of rotatable bonds is 8. The molecule has 0 unspecified atom stereocenters. The van der Waals surface area contributed by atoms with Crippen LogP contribution in [-0.2, 0) is 10.0 Å². The van der Waals surface area contributed by atoms with Gasteiger partial charge in [0.2, 0.25) is 10.0 Å². The quantitative estimate of drug-likeness (QED) is 0.589. The highest BCUT2D eigenvalue weighted by Crippen LogP contribution is 2.32. The minimum Gasteiger partial charge on any atom is -0.494 e.